The van der Waals surface area contributed by atoms with Crippen molar-refractivity contribution in [2.75, 3.05) is 0 Å². The maximum atomic E-state index is 9.56. The molecule has 0 unspecified atom stereocenters. The van der Waals surface area contributed by atoms with E-state index in [9.17, 15) is 9.59 Å². The molecule has 0 saturated carbocycles. The summed E-state index contributed by atoms with van der Waals surface area (Å²) < 4.78 is 0. The minimum Gasteiger partial charge on any atom is -0.373 e. The van der Waals surface area contributed by atoms with Crippen LogP contribution in [0.15, 0.2) is 10.2 Å². The number of isocyanates is 2. The highest BCUT2D eigenvalue weighted by molar-refractivity contribution is 7.80. The summed E-state index contributed by atoms with van der Waals surface area (Å²) >= 11 is 4.31. The van der Waals surface area contributed by atoms with E-state index < -0.39 is 0 Å². The van der Waals surface area contributed by atoms with Crippen LogP contribution in [0.25, 0.3) is 0 Å². The van der Waals surface area contributed by atoms with Gasteiger partial charge in [0, 0.05) is 0 Å². The van der Waals surface area contributed by atoms with E-state index in [1.807, 2.05) is 0 Å². The van der Waals surface area contributed by atoms with Gasteiger partial charge in [-0.15, -0.1) is 5.12 Å². The van der Waals surface area contributed by atoms with E-state index in [1.165, 1.54) is 0 Å². The molecular weight excluding hydrogens is 156 g/mol. The maximum Gasteiger partial charge on any atom is 0.260 e. The van der Waals surface area contributed by atoms with Gasteiger partial charge in [-0.2, -0.15) is 0 Å². The SMILES string of the molecule is NC(=S)N(N=C=O)N=C=O. The average molecular weight is 158 g/mol. The number of hydrazone groups is 2. The monoisotopic (exact) mass is 158 g/mol. The molecule has 6 nitrogen and oxygen atoms in total. The van der Waals surface area contributed by atoms with Gasteiger partial charge in [-0.1, -0.05) is 10.2 Å². The first-order valence-electron chi connectivity index (χ1n) is 1.97. The normalized spacial score (nSPS) is 6.80. The van der Waals surface area contributed by atoms with Gasteiger partial charge < -0.3 is 5.73 Å². The smallest absolute Gasteiger partial charge is 0.260 e. The molecule has 0 aromatic carbocycles. The second kappa shape index (κ2) is 4.34. The molecule has 0 radical (unpaired) electrons. The van der Waals surface area contributed by atoms with Gasteiger partial charge in [-0.25, -0.2) is 9.59 Å². The van der Waals surface area contributed by atoms with Gasteiger partial charge in [-0.05, 0) is 12.2 Å². The fourth-order valence-corrected chi connectivity index (χ4v) is 0.280. The number of rotatable bonds is 2. The summed E-state index contributed by atoms with van der Waals surface area (Å²) in [6.45, 7) is 0. The molecule has 0 aliphatic rings. The highest BCUT2D eigenvalue weighted by Gasteiger charge is 1.99. The minimum absolute atomic E-state index is 0.327. The Hall–Kier alpha value is -1.55. The lowest BCUT2D eigenvalue weighted by molar-refractivity contribution is 0.454. The van der Waals surface area contributed by atoms with Crippen molar-refractivity contribution in [3.8, 4) is 0 Å². The first-order valence-corrected chi connectivity index (χ1v) is 2.38. The fraction of sp³-hybridized carbons (Fsp3) is 0. The molecule has 0 saturated heterocycles. The first-order chi connectivity index (χ1) is 4.72. The lowest BCUT2D eigenvalue weighted by atomic mass is 11.1. The Labute approximate surface area is 61.0 Å². The molecule has 0 aliphatic carbocycles. The van der Waals surface area contributed by atoms with Gasteiger partial charge in [0.25, 0.3) is 12.2 Å². The maximum absolute atomic E-state index is 9.56. The Balaban J connectivity index is 4.40. The zero-order valence-corrected chi connectivity index (χ0v) is 5.46. The van der Waals surface area contributed by atoms with Crippen molar-refractivity contribution < 1.29 is 9.59 Å². The molecular formula is C3H2N4O2S. The lowest BCUT2D eigenvalue weighted by Gasteiger charge is -2.01. The van der Waals surface area contributed by atoms with Crippen LogP contribution in [0, 0.1) is 0 Å². The Morgan fingerprint density at radius 1 is 1.40 bits per heavy atom. The Kier molecular flexibility index (Phi) is 3.67. The van der Waals surface area contributed by atoms with Crippen LogP contribution in [0.2, 0.25) is 0 Å². The molecule has 10 heavy (non-hydrogen) atoms. The molecule has 7 heteroatoms. The number of nitrogens with two attached hydrogens (primary N) is 1. The molecule has 0 atom stereocenters. The number of hydrogen-bond acceptors (Lipinski definition) is 5. The largest absolute Gasteiger partial charge is 0.373 e. The topological polar surface area (TPSA) is 88.1 Å². The number of thiocarbonyl (C=S) groups is 1. The molecule has 0 rings (SSSR count). The van der Waals surface area contributed by atoms with Crippen molar-refractivity contribution >= 4 is 29.5 Å². The van der Waals surface area contributed by atoms with E-state index >= 15 is 0 Å². The zero-order valence-electron chi connectivity index (χ0n) is 4.64. The van der Waals surface area contributed by atoms with Crippen molar-refractivity contribution in [2.24, 2.45) is 15.9 Å². The highest BCUT2D eigenvalue weighted by Crippen LogP contribution is 1.85. The zero-order chi connectivity index (χ0) is 7.98. The summed E-state index contributed by atoms with van der Waals surface area (Å²) in [5, 5.41) is 5.80. The van der Waals surface area contributed by atoms with Crippen molar-refractivity contribution in [1.29, 1.82) is 0 Å². The molecule has 0 heterocycles. The third-order valence-electron chi connectivity index (χ3n) is 0.468. The molecule has 0 aromatic rings. The molecule has 0 bridgehead atoms. The lowest BCUT2D eigenvalue weighted by Crippen LogP contribution is -2.25. The quantitative estimate of drug-likeness (QED) is 0.242. The predicted molar refractivity (Wildman–Crippen MR) is 34.9 cm³/mol. The molecule has 0 aliphatic heterocycles. The van der Waals surface area contributed by atoms with Crippen molar-refractivity contribution in [2.45, 2.75) is 0 Å². The molecule has 0 fully saturated rings. The predicted octanol–water partition coefficient (Wildman–Crippen LogP) is -0.966. The van der Waals surface area contributed by atoms with Gasteiger partial charge in [0.1, 0.15) is 0 Å². The number of carbonyl (C=O) groups excluding carboxylic acids is 2. The number of nitrogens with zero attached hydrogens (tertiary/aromatic N) is 3. The second-order valence-corrected chi connectivity index (χ2v) is 1.43. The first kappa shape index (κ1) is 8.45. The van der Waals surface area contributed by atoms with E-state index in [0.29, 0.717) is 5.12 Å². The van der Waals surface area contributed by atoms with Crippen molar-refractivity contribution in [3.05, 3.63) is 0 Å². The van der Waals surface area contributed by atoms with Crippen LogP contribution in [0.3, 0.4) is 0 Å². The van der Waals surface area contributed by atoms with E-state index in [1.54, 1.807) is 0 Å². The van der Waals surface area contributed by atoms with Crippen molar-refractivity contribution in [1.82, 2.24) is 5.12 Å². The Bertz CT molecular complexity index is 206. The summed E-state index contributed by atoms with van der Waals surface area (Å²) in [4.78, 5) is 19.1. The summed E-state index contributed by atoms with van der Waals surface area (Å²) in [5.41, 5.74) is 4.92. The van der Waals surface area contributed by atoms with Gasteiger partial charge >= 0.3 is 0 Å². The van der Waals surface area contributed by atoms with Crippen LogP contribution >= 0.6 is 12.2 Å². The van der Waals surface area contributed by atoms with Crippen LogP contribution in [0.4, 0.5) is 0 Å². The van der Waals surface area contributed by atoms with Gasteiger partial charge in [-0.3, -0.25) is 0 Å². The minimum atomic E-state index is -0.327. The van der Waals surface area contributed by atoms with Crippen LogP contribution in [-0.2, 0) is 9.59 Å². The van der Waals surface area contributed by atoms with Crippen molar-refractivity contribution in [3.63, 3.8) is 0 Å². The third kappa shape index (κ3) is 2.68. The Morgan fingerprint density at radius 3 is 2.00 bits per heavy atom. The molecule has 2 N–H and O–H groups in total. The Morgan fingerprint density at radius 2 is 1.80 bits per heavy atom. The van der Waals surface area contributed by atoms with Gasteiger partial charge in [0.15, 0.2) is 0 Å². The molecule has 0 aromatic heterocycles. The standard InChI is InChI=1S/C3H2N4O2S/c4-3(10)7(5-1-8)6-2-9/h(H2,4,10). The van der Waals surface area contributed by atoms with Crippen LogP contribution in [-0.4, -0.2) is 22.4 Å². The summed E-state index contributed by atoms with van der Waals surface area (Å²) in [5.74, 6) is 0. The number of hydrogen-bond donors (Lipinski definition) is 1. The average Bonchev–Trinajstić information content (AvgIpc) is 1.87. The summed E-state index contributed by atoms with van der Waals surface area (Å²) in [6, 6.07) is 0. The van der Waals surface area contributed by atoms with E-state index in [4.69, 9.17) is 5.73 Å². The fourth-order valence-electron chi connectivity index (χ4n) is 0.198. The third-order valence-corrected chi connectivity index (χ3v) is 0.632. The van der Waals surface area contributed by atoms with E-state index in [2.05, 4.69) is 22.4 Å². The summed E-state index contributed by atoms with van der Waals surface area (Å²) in [6.07, 6.45) is 2.19. The van der Waals surface area contributed by atoms with E-state index in [0.717, 1.165) is 12.2 Å². The molecule has 52 valence electrons. The summed E-state index contributed by atoms with van der Waals surface area (Å²) in [7, 11) is 0. The van der Waals surface area contributed by atoms with Crippen LogP contribution in [0.1, 0.15) is 0 Å². The van der Waals surface area contributed by atoms with Gasteiger partial charge in [0.05, 0.1) is 0 Å². The highest BCUT2D eigenvalue weighted by atomic mass is 32.1. The van der Waals surface area contributed by atoms with Gasteiger partial charge in [0.2, 0.25) is 5.11 Å². The second-order valence-electron chi connectivity index (χ2n) is 1.01. The molecule has 0 amide bonds. The van der Waals surface area contributed by atoms with Crippen LogP contribution in [0.5, 0.6) is 0 Å². The van der Waals surface area contributed by atoms with Crippen LogP contribution < -0.4 is 5.73 Å². The molecule has 0 spiro atoms. The van der Waals surface area contributed by atoms with E-state index in [-0.39, 0.29) is 5.11 Å².